The van der Waals surface area contributed by atoms with E-state index in [1.165, 1.54) is 173 Å². The number of hydrogen-bond donors (Lipinski definition) is 3. The molecule has 0 fully saturated rings. The highest BCUT2D eigenvalue weighted by Gasteiger charge is 2.30. The summed E-state index contributed by atoms with van der Waals surface area (Å²) in [7, 11) is -9.91. The van der Waals surface area contributed by atoms with Crippen LogP contribution in [0.25, 0.3) is 0 Å². The Morgan fingerprint density at radius 1 is 0.297 bits per heavy atom. The molecule has 19 heteroatoms. The van der Waals surface area contributed by atoms with Crippen LogP contribution >= 0.6 is 15.6 Å². The number of carbonyl (C=O) groups is 4. The molecular weight excluding hydrogens is 1200 g/mol. The molecule has 0 rings (SSSR count). The van der Waals surface area contributed by atoms with Gasteiger partial charge in [0.1, 0.15) is 19.3 Å². The molecule has 0 aromatic heterocycles. The summed E-state index contributed by atoms with van der Waals surface area (Å²) in [6.45, 7) is 11.8. The molecule has 0 aromatic carbocycles. The topological polar surface area (TPSA) is 237 Å². The predicted octanol–water partition coefficient (Wildman–Crippen LogP) is 20.6. The van der Waals surface area contributed by atoms with E-state index in [-0.39, 0.29) is 25.7 Å². The van der Waals surface area contributed by atoms with Crippen molar-refractivity contribution in [3.05, 3.63) is 0 Å². The van der Waals surface area contributed by atoms with Gasteiger partial charge in [-0.3, -0.25) is 37.3 Å². The zero-order chi connectivity index (χ0) is 67.3. The van der Waals surface area contributed by atoms with E-state index < -0.39 is 97.5 Å². The average Bonchev–Trinajstić information content (AvgIpc) is 3.41. The molecule has 0 heterocycles. The maximum absolute atomic E-state index is 13.0. The lowest BCUT2D eigenvalue weighted by molar-refractivity contribution is -0.161. The van der Waals surface area contributed by atoms with Crippen LogP contribution in [0.4, 0.5) is 0 Å². The molecule has 540 valence electrons. The van der Waals surface area contributed by atoms with E-state index in [9.17, 15) is 43.2 Å². The molecule has 0 aliphatic heterocycles. The number of ether oxygens (including phenoxy) is 4. The number of hydrogen-bond acceptors (Lipinski definition) is 15. The fourth-order valence-electron chi connectivity index (χ4n) is 10.9. The van der Waals surface area contributed by atoms with Crippen molar-refractivity contribution in [1.82, 2.24) is 0 Å². The lowest BCUT2D eigenvalue weighted by Crippen LogP contribution is -2.30. The largest absolute Gasteiger partial charge is 0.472 e. The molecule has 0 aliphatic rings. The summed E-state index contributed by atoms with van der Waals surface area (Å²) in [6, 6.07) is 0. The van der Waals surface area contributed by atoms with Crippen LogP contribution in [0.15, 0.2) is 0 Å². The lowest BCUT2D eigenvalue weighted by Gasteiger charge is -2.21. The molecule has 0 radical (unpaired) electrons. The van der Waals surface area contributed by atoms with Gasteiger partial charge in [-0.15, -0.1) is 0 Å². The SMILES string of the molecule is CCCCCCCCCCCCCCCCCC(=O)O[C@H](COC(=O)CCCCCCCCCCCCC(C)C)COP(=O)(O)OC[C@@H](O)COP(=O)(O)OC[C@@H](COC(=O)CCCCCCCCCCC(C)C)OC(=O)CCCCCCCCCCCC(C)C. The third-order valence-corrected chi connectivity index (χ3v) is 18.5. The van der Waals surface area contributed by atoms with Gasteiger partial charge in [0.2, 0.25) is 0 Å². The zero-order valence-corrected chi connectivity index (χ0v) is 61.1. The molecule has 0 aromatic rings. The molecule has 3 N–H and O–H groups in total. The third-order valence-electron chi connectivity index (χ3n) is 16.6. The summed E-state index contributed by atoms with van der Waals surface area (Å²) in [5.74, 6) is 0.0981. The van der Waals surface area contributed by atoms with Gasteiger partial charge >= 0.3 is 39.5 Å². The number of phosphoric ester groups is 2. The molecule has 0 amide bonds. The minimum absolute atomic E-state index is 0.105. The van der Waals surface area contributed by atoms with Crippen LogP contribution in [0.3, 0.4) is 0 Å². The highest BCUT2D eigenvalue weighted by atomic mass is 31.2. The highest BCUT2D eigenvalue weighted by molar-refractivity contribution is 7.47. The molecule has 91 heavy (non-hydrogen) atoms. The minimum atomic E-state index is -4.95. The first-order valence-corrected chi connectivity index (χ1v) is 40.3. The van der Waals surface area contributed by atoms with Crippen LogP contribution in [0.1, 0.15) is 363 Å². The van der Waals surface area contributed by atoms with Gasteiger partial charge in [0.25, 0.3) is 0 Å². The number of esters is 4. The number of unbranched alkanes of at least 4 members (excludes halogenated alkanes) is 38. The van der Waals surface area contributed by atoms with Gasteiger partial charge in [-0.25, -0.2) is 9.13 Å². The molecule has 0 bridgehead atoms. The summed E-state index contributed by atoms with van der Waals surface area (Å²) in [4.78, 5) is 72.6. The van der Waals surface area contributed by atoms with Crippen LogP contribution in [0.2, 0.25) is 0 Å². The first-order chi connectivity index (χ1) is 43.7. The minimum Gasteiger partial charge on any atom is -0.462 e. The highest BCUT2D eigenvalue weighted by Crippen LogP contribution is 2.45. The normalized spacial score (nSPS) is 14.2. The molecular formula is C72H140O17P2. The molecule has 0 aliphatic carbocycles. The van der Waals surface area contributed by atoms with E-state index in [2.05, 4.69) is 48.5 Å². The van der Waals surface area contributed by atoms with E-state index in [4.69, 9.17) is 37.0 Å². The van der Waals surface area contributed by atoms with Crippen LogP contribution < -0.4 is 0 Å². The Hall–Kier alpha value is -1.94. The van der Waals surface area contributed by atoms with Gasteiger partial charge in [-0.2, -0.15) is 0 Å². The Morgan fingerprint density at radius 3 is 0.747 bits per heavy atom. The quantitative estimate of drug-likeness (QED) is 0.0222. The van der Waals surface area contributed by atoms with Gasteiger partial charge in [0.15, 0.2) is 12.2 Å². The van der Waals surface area contributed by atoms with Gasteiger partial charge in [0, 0.05) is 25.7 Å². The monoisotopic (exact) mass is 1340 g/mol. The first-order valence-electron chi connectivity index (χ1n) is 37.3. The van der Waals surface area contributed by atoms with Gasteiger partial charge in [-0.1, -0.05) is 312 Å². The fourth-order valence-corrected chi connectivity index (χ4v) is 12.5. The maximum atomic E-state index is 13.0. The van der Waals surface area contributed by atoms with E-state index in [0.717, 1.165) is 108 Å². The van der Waals surface area contributed by atoms with Crippen molar-refractivity contribution in [2.45, 2.75) is 381 Å². The second-order valence-corrected chi connectivity index (χ2v) is 30.3. The smallest absolute Gasteiger partial charge is 0.462 e. The zero-order valence-electron chi connectivity index (χ0n) is 59.3. The van der Waals surface area contributed by atoms with E-state index in [0.29, 0.717) is 25.7 Å². The Kier molecular flexibility index (Phi) is 61.5. The first kappa shape index (κ1) is 89.1. The second-order valence-electron chi connectivity index (χ2n) is 27.4. The predicted molar refractivity (Wildman–Crippen MR) is 368 cm³/mol. The molecule has 5 atom stereocenters. The molecule has 0 saturated carbocycles. The van der Waals surface area contributed by atoms with Gasteiger partial charge in [0.05, 0.1) is 26.4 Å². The van der Waals surface area contributed by atoms with Crippen molar-refractivity contribution in [2.75, 3.05) is 39.6 Å². The van der Waals surface area contributed by atoms with Crippen LogP contribution in [0.5, 0.6) is 0 Å². The Balaban J connectivity index is 5.26. The molecule has 0 saturated heterocycles. The maximum Gasteiger partial charge on any atom is 0.472 e. The van der Waals surface area contributed by atoms with Crippen molar-refractivity contribution in [3.8, 4) is 0 Å². The summed E-state index contributed by atoms with van der Waals surface area (Å²) in [5.41, 5.74) is 0. The van der Waals surface area contributed by atoms with E-state index in [1.807, 2.05) is 0 Å². The summed E-state index contributed by atoms with van der Waals surface area (Å²) >= 11 is 0. The summed E-state index contributed by atoms with van der Waals surface area (Å²) in [5, 5.41) is 10.6. The van der Waals surface area contributed by atoms with Crippen molar-refractivity contribution < 1.29 is 80.2 Å². The van der Waals surface area contributed by atoms with E-state index >= 15 is 0 Å². The second kappa shape index (κ2) is 62.8. The number of phosphoric acid groups is 2. The fraction of sp³-hybridized carbons (Fsp3) is 0.944. The average molecular weight is 1340 g/mol. The number of aliphatic hydroxyl groups is 1. The number of aliphatic hydroxyl groups excluding tert-OH is 1. The van der Waals surface area contributed by atoms with Crippen LogP contribution in [0, 0.1) is 17.8 Å². The third kappa shape index (κ3) is 66.5. The molecule has 17 nitrogen and oxygen atoms in total. The molecule has 0 spiro atoms. The Labute approximate surface area is 556 Å². The van der Waals surface area contributed by atoms with Crippen molar-refractivity contribution in [3.63, 3.8) is 0 Å². The van der Waals surface area contributed by atoms with Crippen molar-refractivity contribution in [2.24, 2.45) is 17.8 Å². The molecule has 2 unspecified atom stereocenters. The van der Waals surface area contributed by atoms with Gasteiger partial charge < -0.3 is 33.8 Å². The lowest BCUT2D eigenvalue weighted by atomic mass is 10.0. The standard InChI is InChI=1S/C72H140O17P2/c1-8-9-10-11-12-13-14-15-16-17-18-25-34-41-48-55-71(76)88-67(59-82-69(74)53-46-39-32-24-20-19-22-29-36-43-50-63(2)3)61-86-90(78,79)84-57-66(73)58-85-91(80,81)87-62-68(60-83-70(75)54-47-40-33-28-27-31-38-45-52-65(6)7)89-72(77)56-49-42-35-26-21-23-30-37-44-51-64(4)5/h63-68,73H,8-62H2,1-7H3,(H,78,79)(H,80,81)/t66-,67-,68-/m1/s1. The number of carbonyl (C=O) groups excluding carboxylic acids is 4. The summed E-state index contributed by atoms with van der Waals surface area (Å²) < 4.78 is 68.4. The van der Waals surface area contributed by atoms with Crippen LogP contribution in [-0.2, 0) is 65.4 Å². The van der Waals surface area contributed by atoms with Gasteiger partial charge in [-0.05, 0) is 43.4 Å². The van der Waals surface area contributed by atoms with Crippen molar-refractivity contribution in [1.29, 1.82) is 0 Å². The summed E-state index contributed by atoms with van der Waals surface area (Å²) in [6.07, 6.45) is 47.2. The van der Waals surface area contributed by atoms with Crippen molar-refractivity contribution >= 4 is 39.5 Å². The number of rotatable bonds is 70. The Morgan fingerprint density at radius 2 is 0.505 bits per heavy atom. The Bertz CT molecular complexity index is 1780. The van der Waals surface area contributed by atoms with Crippen LogP contribution in [-0.4, -0.2) is 96.7 Å². The van der Waals surface area contributed by atoms with E-state index in [1.54, 1.807) is 0 Å².